The fourth-order valence-electron chi connectivity index (χ4n) is 3.02. The summed E-state index contributed by atoms with van der Waals surface area (Å²) in [5.74, 6) is -0.185. The molecule has 6 N–H and O–H groups in total. The molecule has 11 heteroatoms. The number of nitrogens with two attached hydrogens (primary N) is 1. The molecule has 170 valence electrons. The molecule has 0 bridgehead atoms. The number of hydrogen-bond donors (Lipinski definition) is 5. The Morgan fingerprint density at radius 2 is 1.81 bits per heavy atom. The van der Waals surface area contributed by atoms with Gasteiger partial charge in [-0.1, -0.05) is 18.2 Å². The van der Waals surface area contributed by atoms with Crippen molar-refractivity contribution < 1.29 is 23.9 Å². The number of rotatable bonds is 8. The molecule has 2 aromatic carbocycles. The first-order valence-corrected chi connectivity index (χ1v) is 10.8. The van der Waals surface area contributed by atoms with Gasteiger partial charge in [0.1, 0.15) is 11.5 Å². The van der Waals surface area contributed by atoms with Crippen LogP contribution in [0.1, 0.15) is 10.4 Å². The summed E-state index contributed by atoms with van der Waals surface area (Å²) in [5, 5.41) is 11.1. The van der Waals surface area contributed by atoms with E-state index in [0.717, 1.165) is 0 Å². The van der Waals surface area contributed by atoms with Gasteiger partial charge in [0.15, 0.2) is 11.5 Å². The van der Waals surface area contributed by atoms with Gasteiger partial charge in [-0.05, 0) is 30.3 Å². The van der Waals surface area contributed by atoms with Gasteiger partial charge in [-0.15, -0.1) is 11.8 Å². The van der Waals surface area contributed by atoms with Crippen molar-refractivity contribution >= 4 is 35.2 Å². The Morgan fingerprint density at radius 3 is 2.47 bits per heavy atom. The normalized spacial score (nSPS) is 20.1. The fourth-order valence-corrected chi connectivity index (χ4v) is 3.86. The third-order valence-electron chi connectivity index (χ3n) is 4.63. The fraction of sp³-hybridized carbons (Fsp3) is 0.286. The lowest BCUT2D eigenvalue weighted by Gasteiger charge is -2.35. The van der Waals surface area contributed by atoms with Gasteiger partial charge >= 0.3 is 0 Å². The van der Waals surface area contributed by atoms with Gasteiger partial charge in [0.25, 0.3) is 5.91 Å². The third-order valence-corrected chi connectivity index (χ3v) is 5.65. The van der Waals surface area contributed by atoms with Gasteiger partial charge in [0, 0.05) is 11.3 Å². The largest absolute Gasteiger partial charge is 0.493 e. The highest BCUT2D eigenvalue weighted by molar-refractivity contribution is 8.00. The van der Waals surface area contributed by atoms with E-state index in [1.165, 1.54) is 32.0 Å². The Kier molecular flexibility index (Phi) is 7.92. The number of hydrogen-bond acceptors (Lipinski definition) is 8. The second-order valence-electron chi connectivity index (χ2n) is 6.83. The molecule has 1 saturated heterocycles. The Morgan fingerprint density at radius 1 is 1.09 bits per heavy atom. The van der Waals surface area contributed by atoms with Gasteiger partial charge in [0.05, 0.1) is 26.1 Å². The van der Waals surface area contributed by atoms with Crippen molar-refractivity contribution in [2.75, 3.05) is 25.3 Å². The molecule has 3 amide bonds. The summed E-state index contributed by atoms with van der Waals surface area (Å²) in [7, 11) is 2.96. The monoisotopic (exact) mass is 459 g/mol. The van der Waals surface area contributed by atoms with E-state index in [0.29, 0.717) is 17.2 Å². The standard InChI is InChI=1S/C21H25N5O5S/c1-30-14-9-8-12(10-15(14)31-2)19(28)24-17-18(22)25-21(26-20(17)29)32-11-16(27)23-13-6-4-3-5-7-13/h3-10,17-18,21,25H,11,22H2,1-2H3,(H,23,27)(H,24,28)(H,26,29). The van der Waals surface area contributed by atoms with E-state index in [9.17, 15) is 14.4 Å². The zero-order valence-corrected chi connectivity index (χ0v) is 18.4. The molecular formula is C21H25N5O5S. The first kappa shape index (κ1) is 23.4. The number of methoxy groups -OCH3 is 2. The maximum Gasteiger partial charge on any atom is 0.252 e. The lowest BCUT2D eigenvalue weighted by molar-refractivity contribution is -0.125. The van der Waals surface area contributed by atoms with Crippen LogP contribution in [0.25, 0.3) is 0 Å². The van der Waals surface area contributed by atoms with E-state index in [-0.39, 0.29) is 17.2 Å². The van der Waals surface area contributed by atoms with Crippen molar-refractivity contribution in [3.63, 3.8) is 0 Å². The summed E-state index contributed by atoms with van der Waals surface area (Å²) < 4.78 is 10.4. The Balaban J connectivity index is 1.53. The van der Waals surface area contributed by atoms with Crippen molar-refractivity contribution in [3.05, 3.63) is 54.1 Å². The van der Waals surface area contributed by atoms with Crippen molar-refractivity contribution in [1.82, 2.24) is 16.0 Å². The number of para-hydroxylation sites is 1. The van der Waals surface area contributed by atoms with Gasteiger partial charge in [-0.25, -0.2) is 0 Å². The molecule has 10 nitrogen and oxygen atoms in total. The number of anilines is 1. The quantitative estimate of drug-likeness (QED) is 0.383. The van der Waals surface area contributed by atoms with Crippen LogP contribution in [-0.4, -0.2) is 55.4 Å². The van der Waals surface area contributed by atoms with Crippen LogP contribution in [0.3, 0.4) is 0 Å². The summed E-state index contributed by atoms with van der Waals surface area (Å²) in [4.78, 5) is 37.3. The van der Waals surface area contributed by atoms with Crippen LogP contribution in [0.5, 0.6) is 11.5 Å². The minimum atomic E-state index is -0.995. The van der Waals surface area contributed by atoms with E-state index in [1.54, 1.807) is 24.3 Å². The molecule has 1 aliphatic rings. The lowest BCUT2D eigenvalue weighted by Crippen LogP contribution is -2.70. The highest BCUT2D eigenvalue weighted by Crippen LogP contribution is 2.27. The number of nitrogens with one attached hydrogen (secondary N) is 4. The van der Waals surface area contributed by atoms with Gasteiger partial charge in [-0.3, -0.25) is 19.7 Å². The number of carbonyl (C=O) groups is 3. The molecule has 0 saturated carbocycles. The van der Waals surface area contributed by atoms with Crippen LogP contribution in [0.2, 0.25) is 0 Å². The van der Waals surface area contributed by atoms with E-state index >= 15 is 0 Å². The van der Waals surface area contributed by atoms with E-state index in [4.69, 9.17) is 15.2 Å². The van der Waals surface area contributed by atoms with Crippen LogP contribution < -0.4 is 36.5 Å². The molecule has 3 rings (SSSR count). The third kappa shape index (κ3) is 5.90. The van der Waals surface area contributed by atoms with Gasteiger partial charge < -0.3 is 31.2 Å². The Bertz CT molecular complexity index is 974. The molecule has 1 heterocycles. The molecular weight excluding hydrogens is 434 g/mol. The zero-order chi connectivity index (χ0) is 23.1. The average molecular weight is 460 g/mol. The molecule has 0 aliphatic carbocycles. The van der Waals surface area contributed by atoms with Crippen LogP contribution in [0, 0.1) is 0 Å². The summed E-state index contributed by atoms with van der Waals surface area (Å²) in [6, 6.07) is 12.7. The van der Waals surface area contributed by atoms with Crippen molar-refractivity contribution in [2.45, 2.75) is 17.7 Å². The molecule has 1 fully saturated rings. The molecule has 3 unspecified atom stereocenters. The Hall–Kier alpha value is -3.28. The highest BCUT2D eigenvalue weighted by Gasteiger charge is 2.35. The van der Waals surface area contributed by atoms with Crippen LogP contribution in [0.15, 0.2) is 48.5 Å². The van der Waals surface area contributed by atoms with Crippen LogP contribution >= 0.6 is 11.8 Å². The predicted octanol–water partition coefficient (Wildman–Crippen LogP) is 0.462. The van der Waals surface area contributed by atoms with E-state index in [2.05, 4.69) is 21.3 Å². The summed E-state index contributed by atoms with van der Waals surface area (Å²) in [5.41, 5.74) is 6.47. The van der Waals surface area contributed by atoms with Gasteiger partial charge in [-0.2, -0.15) is 0 Å². The number of ether oxygens (including phenoxy) is 2. The molecule has 3 atom stereocenters. The maximum atomic E-state index is 12.6. The minimum Gasteiger partial charge on any atom is -0.493 e. The summed E-state index contributed by atoms with van der Waals surface area (Å²) >= 11 is 1.18. The van der Waals surface area contributed by atoms with Crippen LogP contribution in [-0.2, 0) is 9.59 Å². The topological polar surface area (TPSA) is 144 Å². The number of thioether (sulfide) groups is 1. The van der Waals surface area contributed by atoms with Gasteiger partial charge in [0.2, 0.25) is 11.8 Å². The highest BCUT2D eigenvalue weighted by atomic mass is 32.2. The predicted molar refractivity (Wildman–Crippen MR) is 121 cm³/mol. The number of benzene rings is 2. The summed E-state index contributed by atoms with van der Waals surface area (Å²) in [6.45, 7) is 0. The second-order valence-corrected chi connectivity index (χ2v) is 7.92. The number of amides is 3. The SMILES string of the molecule is COc1ccc(C(=O)NC2C(=O)NC(SCC(=O)Nc3ccccc3)NC2N)cc1OC. The average Bonchev–Trinajstić information content (AvgIpc) is 2.80. The molecule has 0 aromatic heterocycles. The molecule has 32 heavy (non-hydrogen) atoms. The van der Waals surface area contributed by atoms with E-state index in [1.807, 2.05) is 18.2 Å². The molecule has 2 aromatic rings. The molecule has 1 aliphatic heterocycles. The number of carbonyl (C=O) groups excluding carboxylic acids is 3. The van der Waals surface area contributed by atoms with E-state index < -0.39 is 29.5 Å². The molecule has 0 spiro atoms. The van der Waals surface area contributed by atoms with Crippen molar-refractivity contribution in [1.29, 1.82) is 0 Å². The Labute approximate surface area is 189 Å². The summed E-state index contributed by atoms with van der Waals surface area (Å²) in [6.07, 6.45) is -0.845. The van der Waals surface area contributed by atoms with Crippen molar-refractivity contribution in [3.8, 4) is 11.5 Å². The maximum absolute atomic E-state index is 12.6. The first-order valence-electron chi connectivity index (χ1n) is 9.72. The second kappa shape index (κ2) is 10.8. The van der Waals surface area contributed by atoms with Crippen molar-refractivity contribution in [2.24, 2.45) is 5.73 Å². The lowest BCUT2D eigenvalue weighted by atomic mass is 10.1. The van der Waals surface area contributed by atoms with Crippen LogP contribution in [0.4, 0.5) is 5.69 Å². The smallest absolute Gasteiger partial charge is 0.252 e. The molecule has 0 radical (unpaired) electrons. The first-order chi connectivity index (χ1) is 15.4. The zero-order valence-electron chi connectivity index (χ0n) is 17.6. The minimum absolute atomic E-state index is 0.0994.